The molecule has 1 amide bonds. The topological polar surface area (TPSA) is 90.3 Å². The third kappa shape index (κ3) is 4.30. The third-order valence-corrected chi connectivity index (χ3v) is 5.37. The van der Waals surface area contributed by atoms with E-state index in [2.05, 4.69) is 5.32 Å². The van der Waals surface area contributed by atoms with Crippen molar-refractivity contribution in [3.05, 3.63) is 35.4 Å². The molecule has 7 heteroatoms. The number of rotatable bonds is 4. The van der Waals surface area contributed by atoms with Crippen molar-refractivity contribution in [2.45, 2.75) is 38.3 Å². The maximum atomic E-state index is 12.5. The lowest BCUT2D eigenvalue weighted by Crippen LogP contribution is -2.51. The molecule has 1 aliphatic heterocycles. The number of sulfonamides is 1. The number of amides is 1. The number of nitriles is 1. The summed E-state index contributed by atoms with van der Waals surface area (Å²) in [4.78, 5) is 12.5. The largest absolute Gasteiger partial charge is 0.348 e. The third-order valence-electron chi connectivity index (χ3n) is 4.08. The van der Waals surface area contributed by atoms with Gasteiger partial charge in [0.05, 0.1) is 23.9 Å². The number of carbonyl (C=O) groups is 1. The van der Waals surface area contributed by atoms with Gasteiger partial charge in [0.15, 0.2) is 0 Å². The fourth-order valence-corrected chi connectivity index (χ4v) is 3.93. The summed E-state index contributed by atoms with van der Waals surface area (Å²) in [5.41, 5.74) is 1.43. The second kappa shape index (κ2) is 7.11. The van der Waals surface area contributed by atoms with Crippen molar-refractivity contribution in [1.82, 2.24) is 9.62 Å². The van der Waals surface area contributed by atoms with Crippen molar-refractivity contribution in [2.24, 2.45) is 0 Å². The number of nitrogens with zero attached hydrogens (tertiary/aromatic N) is 2. The lowest BCUT2D eigenvalue weighted by Gasteiger charge is -2.33. The lowest BCUT2D eigenvalue weighted by molar-refractivity contribution is -0.126. The van der Waals surface area contributed by atoms with Gasteiger partial charge < -0.3 is 5.32 Å². The van der Waals surface area contributed by atoms with Gasteiger partial charge in [0.25, 0.3) is 0 Å². The Balaban J connectivity index is 2.08. The average Bonchev–Trinajstić information content (AvgIpc) is 2.54. The van der Waals surface area contributed by atoms with Crippen LogP contribution >= 0.6 is 0 Å². The summed E-state index contributed by atoms with van der Waals surface area (Å²) >= 11 is 0. The maximum absolute atomic E-state index is 12.5. The first-order chi connectivity index (χ1) is 10.8. The van der Waals surface area contributed by atoms with Crippen LogP contribution in [0.1, 0.15) is 43.4 Å². The molecule has 0 saturated carbocycles. The molecule has 1 heterocycles. The number of nitrogens with one attached hydrogen (secondary N) is 1. The Hall–Kier alpha value is -1.91. The zero-order valence-electron chi connectivity index (χ0n) is 13.3. The molecule has 1 aliphatic rings. The molecular formula is C16H21N3O3S. The van der Waals surface area contributed by atoms with E-state index in [1.54, 1.807) is 24.3 Å². The van der Waals surface area contributed by atoms with E-state index < -0.39 is 16.1 Å². The van der Waals surface area contributed by atoms with Crippen LogP contribution in [-0.2, 0) is 14.8 Å². The molecule has 1 N–H and O–H groups in total. The van der Waals surface area contributed by atoms with Gasteiger partial charge in [0, 0.05) is 6.54 Å². The smallest absolute Gasteiger partial charge is 0.238 e. The van der Waals surface area contributed by atoms with E-state index >= 15 is 0 Å². The van der Waals surface area contributed by atoms with Gasteiger partial charge in [0.2, 0.25) is 15.9 Å². The molecule has 0 aliphatic carbocycles. The van der Waals surface area contributed by atoms with Gasteiger partial charge in [-0.3, -0.25) is 4.79 Å². The van der Waals surface area contributed by atoms with Gasteiger partial charge in [-0.15, -0.1) is 0 Å². The summed E-state index contributed by atoms with van der Waals surface area (Å²) in [6.07, 6.45) is 3.30. The van der Waals surface area contributed by atoms with Crippen LogP contribution in [0.3, 0.4) is 0 Å². The first kappa shape index (κ1) is 17.4. The van der Waals surface area contributed by atoms with E-state index in [1.165, 1.54) is 4.31 Å². The predicted octanol–water partition coefficient (Wildman–Crippen LogP) is 1.55. The minimum Gasteiger partial charge on any atom is -0.348 e. The van der Waals surface area contributed by atoms with Crippen LogP contribution in [0.15, 0.2) is 24.3 Å². The number of piperidine rings is 1. The fourth-order valence-electron chi connectivity index (χ4n) is 2.80. The van der Waals surface area contributed by atoms with Crippen LogP contribution in [0.5, 0.6) is 0 Å². The number of hydrogen-bond acceptors (Lipinski definition) is 4. The van der Waals surface area contributed by atoms with E-state index in [1.807, 2.05) is 13.0 Å². The van der Waals surface area contributed by atoms with E-state index in [4.69, 9.17) is 5.26 Å². The maximum Gasteiger partial charge on any atom is 0.238 e. The molecule has 124 valence electrons. The monoisotopic (exact) mass is 335 g/mol. The Labute approximate surface area is 137 Å². The molecule has 2 atom stereocenters. The second-order valence-corrected chi connectivity index (χ2v) is 7.78. The molecule has 6 nitrogen and oxygen atoms in total. The molecule has 0 spiro atoms. The fraction of sp³-hybridized carbons (Fsp3) is 0.500. The number of hydrogen-bond donors (Lipinski definition) is 1. The Bertz CT molecular complexity index is 707. The summed E-state index contributed by atoms with van der Waals surface area (Å²) < 4.78 is 25.0. The molecule has 1 aromatic carbocycles. The van der Waals surface area contributed by atoms with E-state index in [-0.39, 0.29) is 11.9 Å². The molecule has 2 rings (SSSR count). The zero-order valence-corrected chi connectivity index (χ0v) is 14.1. The van der Waals surface area contributed by atoms with Gasteiger partial charge >= 0.3 is 0 Å². The molecular weight excluding hydrogens is 314 g/mol. The Morgan fingerprint density at radius 2 is 2.00 bits per heavy atom. The molecule has 1 saturated heterocycles. The van der Waals surface area contributed by atoms with Gasteiger partial charge in [-0.1, -0.05) is 18.6 Å². The van der Waals surface area contributed by atoms with Crippen LogP contribution in [0.25, 0.3) is 0 Å². The van der Waals surface area contributed by atoms with Crippen molar-refractivity contribution >= 4 is 15.9 Å². The highest BCUT2D eigenvalue weighted by molar-refractivity contribution is 7.88. The molecule has 23 heavy (non-hydrogen) atoms. The van der Waals surface area contributed by atoms with E-state index in [0.29, 0.717) is 18.5 Å². The van der Waals surface area contributed by atoms with Gasteiger partial charge in [-0.05, 0) is 37.5 Å². The highest BCUT2D eigenvalue weighted by Crippen LogP contribution is 2.21. The summed E-state index contributed by atoms with van der Waals surface area (Å²) in [6, 6.07) is 8.13. The van der Waals surface area contributed by atoms with Crippen molar-refractivity contribution in [3.8, 4) is 6.07 Å². The van der Waals surface area contributed by atoms with Crippen LogP contribution in [0.4, 0.5) is 0 Å². The average molecular weight is 335 g/mol. The first-order valence-electron chi connectivity index (χ1n) is 7.60. The van der Waals surface area contributed by atoms with Gasteiger partial charge in [0.1, 0.15) is 6.04 Å². The summed E-state index contributed by atoms with van der Waals surface area (Å²) in [6.45, 7) is 2.23. The molecule has 0 bridgehead atoms. The number of benzene rings is 1. The Morgan fingerprint density at radius 3 is 2.57 bits per heavy atom. The van der Waals surface area contributed by atoms with Crippen LogP contribution < -0.4 is 5.32 Å². The van der Waals surface area contributed by atoms with E-state index in [0.717, 1.165) is 24.7 Å². The highest BCUT2D eigenvalue weighted by Gasteiger charge is 2.34. The molecule has 0 aromatic heterocycles. The SMILES string of the molecule is C[C@@H](NC(=O)[C@H]1CCCCN1S(C)(=O)=O)c1ccc(C#N)cc1. The van der Waals surface area contributed by atoms with E-state index in [9.17, 15) is 13.2 Å². The van der Waals surface area contributed by atoms with Crippen molar-refractivity contribution < 1.29 is 13.2 Å². The van der Waals surface area contributed by atoms with Crippen molar-refractivity contribution in [2.75, 3.05) is 12.8 Å². The zero-order chi connectivity index (χ0) is 17.0. The van der Waals surface area contributed by atoms with Gasteiger partial charge in [-0.25, -0.2) is 8.42 Å². The normalized spacial score (nSPS) is 20.5. The molecule has 0 unspecified atom stereocenters. The predicted molar refractivity (Wildman–Crippen MR) is 86.9 cm³/mol. The van der Waals surface area contributed by atoms with Gasteiger partial charge in [-0.2, -0.15) is 9.57 Å². The quantitative estimate of drug-likeness (QED) is 0.904. The molecule has 1 fully saturated rings. The molecule has 0 radical (unpaired) electrons. The Kier molecular flexibility index (Phi) is 5.39. The molecule has 1 aromatic rings. The minimum atomic E-state index is -3.39. The standard InChI is InChI=1S/C16H21N3O3S/c1-12(14-8-6-13(11-17)7-9-14)18-16(20)15-5-3-4-10-19(15)23(2,21)22/h6-9,12,15H,3-5,10H2,1-2H3,(H,18,20)/t12-,15-/m1/s1. The van der Waals surface area contributed by atoms with Crippen LogP contribution in [0.2, 0.25) is 0 Å². The van der Waals surface area contributed by atoms with Crippen molar-refractivity contribution in [3.63, 3.8) is 0 Å². The van der Waals surface area contributed by atoms with Crippen molar-refractivity contribution in [1.29, 1.82) is 5.26 Å². The van der Waals surface area contributed by atoms with Crippen LogP contribution in [0, 0.1) is 11.3 Å². The highest BCUT2D eigenvalue weighted by atomic mass is 32.2. The lowest BCUT2D eigenvalue weighted by atomic mass is 10.0. The number of carbonyl (C=O) groups excluding carboxylic acids is 1. The summed E-state index contributed by atoms with van der Waals surface area (Å²) in [5.74, 6) is -0.271. The second-order valence-electron chi connectivity index (χ2n) is 5.85. The summed E-state index contributed by atoms with van der Waals surface area (Å²) in [5, 5.41) is 11.7. The first-order valence-corrected chi connectivity index (χ1v) is 9.45. The Morgan fingerprint density at radius 1 is 1.35 bits per heavy atom. The van der Waals surface area contributed by atoms with Crippen LogP contribution in [-0.4, -0.2) is 37.5 Å². The minimum absolute atomic E-state index is 0.251. The summed E-state index contributed by atoms with van der Waals surface area (Å²) in [7, 11) is -3.39.